The molecule has 192 valence electrons. The molecule has 0 spiro atoms. The second-order valence-electron chi connectivity index (χ2n) is 14.4. The summed E-state index contributed by atoms with van der Waals surface area (Å²) in [6.45, 7) is 15.8. The van der Waals surface area contributed by atoms with Crippen LogP contribution >= 0.6 is 0 Å². The fraction of sp³-hybridized carbons (Fsp3) is 0.900. The van der Waals surface area contributed by atoms with Crippen molar-refractivity contribution in [2.24, 2.45) is 56.7 Å². The maximum absolute atomic E-state index is 13.5. The lowest BCUT2D eigenvalue weighted by atomic mass is 9.32. The number of allylic oxidation sites excluding steroid dienone is 1. The van der Waals surface area contributed by atoms with Gasteiger partial charge in [0.05, 0.1) is 18.1 Å². The first kappa shape index (κ1) is 24.8. The Morgan fingerprint density at radius 1 is 0.912 bits per heavy atom. The van der Waals surface area contributed by atoms with Gasteiger partial charge in [0.15, 0.2) is 0 Å². The molecule has 5 rings (SSSR count). The molecule has 0 aliphatic heterocycles. The standard InChI is InChI=1S/C30H48O4/c1-18(2)19-9-12-26(3)15-16-30(25(33)34)20(24(19)26)7-8-22-27(4)13-11-23(32)28(5,17-31)21(27)10-14-29(22,30)6/h19-24,31-32H,1,7-17H2,2-6H3,(H,33,34)/t19-,20?,21?,22?,23-,24?,26+,27-,28-,29+,30+/m0/s1. The SMILES string of the molecule is C=C(C)[C@@H]1CC[C@]2(C)CC[C@]3(C(=O)O)C(CCC4[C@@]5(C)CC[C@H](O)[C@@](C)(CO)C5CC[C@]43C)C12. The summed E-state index contributed by atoms with van der Waals surface area (Å²) in [7, 11) is 0. The average Bonchev–Trinajstić information content (AvgIpc) is 3.14. The van der Waals surface area contributed by atoms with Crippen molar-refractivity contribution in [1.29, 1.82) is 0 Å². The van der Waals surface area contributed by atoms with E-state index in [0.717, 1.165) is 51.4 Å². The van der Waals surface area contributed by atoms with Crippen LogP contribution < -0.4 is 0 Å². The Morgan fingerprint density at radius 3 is 2.24 bits per heavy atom. The summed E-state index contributed by atoms with van der Waals surface area (Å²) in [5, 5.41) is 32.5. The second kappa shape index (κ2) is 7.57. The number of aliphatic carboxylic acids is 1. The van der Waals surface area contributed by atoms with Gasteiger partial charge in [-0.1, -0.05) is 39.8 Å². The summed E-state index contributed by atoms with van der Waals surface area (Å²) in [5.41, 5.74) is 0.0113. The number of aliphatic hydroxyl groups excluding tert-OH is 2. The van der Waals surface area contributed by atoms with E-state index in [9.17, 15) is 20.1 Å². The van der Waals surface area contributed by atoms with E-state index < -0.39 is 22.9 Å². The Labute approximate surface area is 206 Å². The molecular weight excluding hydrogens is 424 g/mol. The average molecular weight is 473 g/mol. The fourth-order valence-corrected chi connectivity index (χ4v) is 11.7. The molecule has 4 nitrogen and oxygen atoms in total. The molecule has 3 N–H and O–H groups in total. The summed E-state index contributed by atoms with van der Waals surface area (Å²) in [6.07, 6.45) is 9.22. The quantitative estimate of drug-likeness (QED) is 0.436. The van der Waals surface area contributed by atoms with Gasteiger partial charge in [0.1, 0.15) is 0 Å². The molecule has 0 bridgehead atoms. The van der Waals surface area contributed by atoms with Gasteiger partial charge in [-0.3, -0.25) is 4.79 Å². The highest BCUT2D eigenvalue weighted by molar-refractivity contribution is 5.77. The van der Waals surface area contributed by atoms with Gasteiger partial charge in [-0.15, -0.1) is 0 Å². The molecule has 0 heterocycles. The number of hydrogen-bond donors (Lipinski definition) is 3. The number of aliphatic hydroxyl groups is 2. The van der Waals surface area contributed by atoms with Gasteiger partial charge in [-0.25, -0.2) is 0 Å². The van der Waals surface area contributed by atoms with E-state index in [2.05, 4.69) is 41.2 Å². The van der Waals surface area contributed by atoms with Gasteiger partial charge in [0, 0.05) is 5.41 Å². The summed E-state index contributed by atoms with van der Waals surface area (Å²) in [5.74, 6) is 1.09. The normalized spacial score (nSPS) is 56.6. The smallest absolute Gasteiger partial charge is 0.310 e. The van der Waals surface area contributed by atoms with Crippen molar-refractivity contribution in [1.82, 2.24) is 0 Å². The van der Waals surface area contributed by atoms with E-state index in [0.29, 0.717) is 24.2 Å². The van der Waals surface area contributed by atoms with E-state index in [1.54, 1.807) is 0 Å². The van der Waals surface area contributed by atoms with Gasteiger partial charge in [-0.2, -0.15) is 0 Å². The van der Waals surface area contributed by atoms with E-state index >= 15 is 0 Å². The van der Waals surface area contributed by atoms with Crippen molar-refractivity contribution in [3.8, 4) is 0 Å². The topological polar surface area (TPSA) is 77.8 Å². The van der Waals surface area contributed by atoms with E-state index in [-0.39, 0.29) is 34.7 Å². The predicted octanol–water partition coefficient (Wildman–Crippen LogP) is 6.06. The molecule has 5 fully saturated rings. The highest BCUT2D eigenvalue weighted by Gasteiger charge is 2.74. The minimum absolute atomic E-state index is 0.00523. The Hall–Kier alpha value is -0.870. The van der Waals surface area contributed by atoms with E-state index in [1.807, 2.05) is 0 Å². The Bertz CT molecular complexity index is 883. The molecule has 0 saturated heterocycles. The molecule has 0 aromatic rings. The van der Waals surface area contributed by atoms with Crippen LogP contribution in [0.4, 0.5) is 0 Å². The summed E-state index contributed by atoms with van der Waals surface area (Å²) in [6, 6.07) is 0. The third-order valence-electron chi connectivity index (χ3n) is 13.4. The first-order valence-corrected chi connectivity index (χ1v) is 14.0. The first-order chi connectivity index (χ1) is 15.8. The predicted molar refractivity (Wildman–Crippen MR) is 134 cm³/mol. The lowest BCUT2D eigenvalue weighted by Gasteiger charge is -2.72. The first-order valence-electron chi connectivity index (χ1n) is 14.0. The third-order valence-corrected chi connectivity index (χ3v) is 13.4. The zero-order valence-electron chi connectivity index (χ0n) is 22.2. The molecule has 11 atom stereocenters. The van der Waals surface area contributed by atoms with E-state index in [1.165, 1.54) is 12.0 Å². The molecule has 0 amide bonds. The maximum atomic E-state index is 13.5. The highest BCUT2D eigenvalue weighted by Crippen LogP contribution is 2.77. The summed E-state index contributed by atoms with van der Waals surface area (Å²) in [4.78, 5) is 13.5. The molecule has 0 aromatic carbocycles. The number of carboxylic acids is 1. The van der Waals surface area contributed by atoms with Crippen molar-refractivity contribution in [2.45, 2.75) is 105 Å². The van der Waals surface area contributed by atoms with Gasteiger partial charge in [-0.05, 0) is 117 Å². The minimum atomic E-state index is -0.683. The molecule has 5 aliphatic rings. The van der Waals surface area contributed by atoms with Gasteiger partial charge < -0.3 is 15.3 Å². The van der Waals surface area contributed by atoms with Crippen LogP contribution in [-0.2, 0) is 4.79 Å². The van der Waals surface area contributed by atoms with Crippen molar-refractivity contribution in [3.05, 3.63) is 12.2 Å². The Morgan fingerprint density at radius 2 is 1.62 bits per heavy atom. The molecule has 34 heavy (non-hydrogen) atoms. The van der Waals surface area contributed by atoms with Crippen LogP contribution in [0.3, 0.4) is 0 Å². The highest BCUT2D eigenvalue weighted by atomic mass is 16.4. The molecule has 4 unspecified atom stereocenters. The molecule has 5 saturated carbocycles. The van der Waals surface area contributed by atoms with Crippen molar-refractivity contribution in [3.63, 3.8) is 0 Å². The van der Waals surface area contributed by atoms with Crippen molar-refractivity contribution < 1.29 is 20.1 Å². The van der Waals surface area contributed by atoms with Gasteiger partial charge in [0.2, 0.25) is 0 Å². The molecular formula is C30H48O4. The van der Waals surface area contributed by atoms with Crippen molar-refractivity contribution >= 4 is 5.97 Å². The third kappa shape index (κ3) is 2.76. The fourth-order valence-electron chi connectivity index (χ4n) is 11.7. The number of hydrogen-bond acceptors (Lipinski definition) is 3. The van der Waals surface area contributed by atoms with E-state index in [4.69, 9.17) is 0 Å². The summed E-state index contributed by atoms with van der Waals surface area (Å²) < 4.78 is 0. The molecule has 5 aliphatic carbocycles. The van der Waals surface area contributed by atoms with Crippen LogP contribution in [0, 0.1) is 56.7 Å². The lowest BCUT2D eigenvalue weighted by molar-refractivity contribution is -0.258. The van der Waals surface area contributed by atoms with Gasteiger partial charge in [0.25, 0.3) is 0 Å². The maximum Gasteiger partial charge on any atom is 0.310 e. The Balaban J connectivity index is 1.61. The van der Waals surface area contributed by atoms with Gasteiger partial charge >= 0.3 is 5.97 Å². The largest absolute Gasteiger partial charge is 0.481 e. The van der Waals surface area contributed by atoms with Crippen LogP contribution in [0.1, 0.15) is 98.8 Å². The lowest BCUT2D eigenvalue weighted by Crippen LogP contribution is -2.69. The Kier molecular flexibility index (Phi) is 5.52. The van der Waals surface area contributed by atoms with Crippen LogP contribution in [-0.4, -0.2) is 34.0 Å². The molecule has 4 heteroatoms. The zero-order valence-corrected chi connectivity index (χ0v) is 22.2. The number of fused-ring (bicyclic) bond motifs is 7. The van der Waals surface area contributed by atoms with Crippen LogP contribution in [0.15, 0.2) is 12.2 Å². The molecule has 0 radical (unpaired) electrons. The molecule has 0 aromatic heterocycles. The minimum Gasteiger partial charge on any atom is -0.481 e. The van der Waals surface area contributed by atoms with Crippen molar-refractivity contribution in [2.75, 3.05) is 6.61 Å². The van der Waals surface area contributed by atoms with Crippen LogP contribution in [0.5, 0.6) is 0 Å². The van der Waals surface area contributed by atoms with Crippen LogP contribution in [0.2, 0.25) is 0 Å². The number of rotatable bonds is 3. The summed E-state index contributed by atoms with van der Waals surface area (Å²) >= 11 is 0. The van der Waals surface area contributed by atoms with Crippen LogP contribution in [0.25, 0.3) is 0 Å². The number of carbonyl (C=O) groups is 1. The second-order valence-corrected chi connectivity index (χ2v) is 14.4. The monoisotopic (exact) mass is 472 g/mol. The number of carboxylic acid groups (broad SMARTS) is 1. The zero-order chi connectivity index (χ0) is 24.9.